The van der Waals surface area contributed by atoms with Crippen molar-refractivity contribution < 1.29 is 37.9 Å². The highest BCUT2D eigenvalue weighted by Crippen LogP contribution is 2.59. The molecule has 4 bridgehead atoms. The Morgan fingerprint density at radius 3 is 2.65 bits per heavy atom. The maximum atomic E-state index is 14.0. The van der Waals surface area contributed by atoms with Gasteiger partial charge in [0.1, 0.15) is 29.4 Å². The van der Waals surface area contributed by atoms with Crippen molar-refractivity contribution >= 4 is 23.5 Å². The van der Waals surface area contributed by atoms with Gasteiger partial charge in [-0.3, -0.25) is 9.59 Å². The van der Waals surface area contributed by atoms with Gasteiger partial charge < -0.3 is 39.5 Å². The molecule has 4 N–H and O–H groups in total. The topological polar surface area (TPSA) is 191 Å². The van der Waals surface area contributed by atoms with Gasteiger partial charge in [0.2, 0.25) is 17.7 Å². The zero-order valence-electron chi connectivity index (χ0n) is 27.1. The summed E-state index contributed by atoms with van der Waals surface area (Å²) in [5.74, 6) is -1.80. The van der Waals surface area contributed by atoms with Crippen LogP contribution >= 0.6 is 0 Å². The van der Waals surface area contributed by atoms with E-state index in [4.69, 9.17) is 23.4 Å². The fourth-order valence-electron chi connectivity index (χ4n) is 6.61. The lowest BCUT2D eigenvalue weighted by atomic mass is 9.72. The summed E-state index contributed by atoms with van der Waals surface area (Å²) in [4.78, 5) is 48.7. The second-order valence-corrected chi connectivity index (χ2v) is 12.9. The number of oxazole rings is 1. The molecule has 2 aromatic carbocycles. The van der Waals surface area contributed by atoms with Crippen molar-refractivity contribution in [2.45, 2.75) is 70.9 Å². The summed E-state index contributed by atoms with van der Waals surface area (Å²) in [5.41, 5.74) is 2.15. The number of aliphatic hydroxyl groups excluding tert-OH is 1. The van der Waals surface area contributed by atoms with Crippen molar-refractivity contribution in [1.29, 1.82) is 0 Å². The van der Waals surface area contributed by atoms with E-state index < -0.39 is 47.6 Å². The van der Waals surface area contributed by atoms with Gasteiger partial charge in [0.05, 0.1) is 6.61 Å². The Kier molecular flexibility index (Phi) is 7.69. The maximum Gasteiger partial charge on any atom is 0.379 e. The number of aromatic nitrogens is 3. The van der Waals surface area contributed by atoms with Crippen molar-refractivity contribution in [3.05, 3.63) is 76.6 Å². The van der Waals surface area contributed by atoms with Gasteiger partial charge in [-0.25, -0.2) is 9.78 Å². The van der Waals surface area contributed by atoms with Crippen LogP contribution in [0.25, 0.3) is 11.6 Å². The third-order valence-electron chi connectivity index (χ3n) is 9.04. The molecule has 1 unspecified atom stereocenters. The molecule has 0 saturated heterocycles. The molecular weight excluding hydrogens is 620 g/mol. The third kappa shape index (κ3) is 4.89. The number of anilines is 1. The van der Waals surface area contributed by atoms with Crippen molar-refractivity contribution in [1.82, 2.24) is 25.8 Å². The van der Waals surface area contributed by atoms with Crippen LogP contribution in [0.5, 0.6) is 5.75 Å². The molecule has 0 radical (unpaired) electrons. The van der Waals surface area contributed by atoms with Crippen LogP contribution < -0.4 is 20.7 Å². The molecule has 0 saturated carbocycles. The Balaban J connectivity index is 1.46. The van der Waals surface area contributed by atoms with E-state index in [9.17, 15) is 19.5 Å². The minimum absolute atomic E-state index is 0.0818. The first-order valence-corrected chi connectivity index (χ1v) is 16.0. The van der Waals surface area contributed by atoms with Crippen molar-refractivity contribution in [2.75, 3.05) is 11.9 Å². The molecule has 3 aliphatic rings. The van der Waals surface area contributed by atoms with Crippen LogP contribution in [0.2, 0.25) is 0 Å². The summed E-state index contributed by atoms with van der Waals surface area (Å²) >= 11 is 0. The molecule has 0 fully saturated rings. The van der Waals surface area contributed by atoms with Gasteiger partial charge in [-0.05, 0) is 47.2 Å². The van der Waals surface area contributed by atoms with E-state index in [-0.39, 0.29) is 48.2 Å². The second-order valence-electron chi connectivity index (χ2n) is 12.9. The van der Waals surface area contributed by atoms with Gasteiger partial charge in [-0.2, -0.15) is 4.98 Å². The van der Waals surface area contributed by atoms with Crippen LogP contribution in [-0.4, -0.2) is 63.0 Å². The summed E-state index contributed by atoms with van der Waals surface area (Å²) in [6.07, 6.45) is -1.86. The number of hydrogen-bond acceptors (Lipinski definition) is 12. The number of nitrogens with zero attached hydrogens (tertiary/aromatic N) is 3. The zero-order valence-corrected chi connectivity index (χ0v) is 27.1. The fourth-order valence-corrected chi connectivity index (χ4v) is 6.61. The summed E-state index contributed by atoms with van der Waals surface area (Å²) in [7, 11) is 0. The number of para-hydroxylation sites is 1. The summed E-state index contributed by atoms with van der Waals surface area (Å²) < 4.78 is 24.0. The van der Waals surface area contributed by atoms with E-state index in [0.717, 1.165) is 22.4 Å². The number of nitrogens with one attached hydrogen (secondary N) is 3. The molecular formula is C34H36N6O8. The van der Waals surface area contributed by atoms with Gasteiger partial charge in [-0.1, -0.05) is 58.0 Å². The molecule has 3 aliphatic heterocycles. The second kappa shape index (κ2) is 11.8. The lowest BCUT2D eigenvalue weighted by Crippen LogP contribution is -2.52. The van der Waals surface area contributed by atoms with E-state index in [1.54, 1.807) is 20.8 Å². The predicted octanol–water partition coefficient (Wildman–Crippen LogP) is 3.25. The third-order valence-corrected chi connectivity index (χ3v) is 9.04. The summed E-state index contributed by atoms with van der Waals surface area (Å²) in [5, 5.41) is 23.6. The van der Waals surface area contributed by atoms with Crippen LogP contribution in [-0.2, 0) is 26.2 Å². The molecule has 48 heavy (non-hydrogen) atoms. The first kappa shape index (κ1) is 31.4. The molecule has 0 aliphatic carbocycles. The van der Waals surface area contributed by atoms with Crippen molar-refractivity contribution in [2.24, 2.45) is 11.8 Å². The van der Waals surface area contributed by atoms with Gasteiger partial charge in [0, 0.05) is 17.7 Å². The van der Waals surface area contributed by atoms with Gasteiger partial charge in [-0.15, -0.1) is 0 Å². The van der Waals surface area contributed by atoms with E-state index in [0.29, 0.717) is 11.5 Å². The zero-order chi connectivity index (χ0) is 33.9. The average molecular weight is 657 g/mol. The van der Waals surface area contributed by atoms with Crippen LogP contribution in [0.4, 0.5) is 5.69 Å². The molecule has 14 nitrogen and oxygen atoms in total. The number of carbonyl (C=O) groups excluding carboxylic acids is 3. The normalized spacial score (nSPS) is 22.8. The number of hydrogen-bond donors (Lipinski definition) is 4. The average Bonchev–Trinajstić information content (AvgIpc) is 3.83. The maximum absolute atomic E-state index is 14.0. The fraction of sp³-hybridized carbons (Fsp3) is 0.412. The molecule has 14 heteroatoms. The smallest absolute Gasteiger partial charge is 0.379 e. The molecule has 5 heterocycles. The standard InChI is InChI=1S/C34H36N6O8/c1-6-45-32(44)27-39-31(48-40-27)24-26-34-18-9-7-8-10-20(18)36-33(34)46-22-12-11-17(13-19(22)34)14-21(35-29(43)25(41)16(4)5)28(42)37-23(15(2)3)30(38-24)47-26/h7-13,15-16,21,23,25,33,36,41H,6,14H2,1-5H3,(H,35,43)(H,37,42)/t21-,23-,25-,33?,34-/m0/s1. The van der Waals surface area contributed by atoms with Crippen molar-refractivity contribution in [3.8, 4) is 17.3 Å². The Bertz CT molecular complexity index is 1920. The van der Waals surface area contributed by atoms with Gasteiger partial charge in [0.25, 0.3) is 11.7 Å². The van der Waals surface area contributed by atoms with Gasteiger partial charge in [0.15, 0.2) is 17.7 Å². The number of aliphatic hydroxyl groups is 1. The monoisotopic (exact) mass is 656 g/mol. The Labute approximate surface area is 275 Å². The highest BCUT2D eigenvalue weighted by atomic mass is 16.5. The van der Waals surface area contributed by atoms with Crippen LogP contribution in [0.3, 0.4) is 0 Å². The van der Waals surface area contributed by atoms with E-state index in [2.05, 4.69) is 26.1 Å². The molecule has 7 rings (SSSR count). The summed E-state index contributed by atoms with van der Waals surface area (Å²) in [6.45, 7) is 9.04. The van der Waals surface area contributed by atoms with E-state index in [1.165, 1.54) is 0 Å². The van der Waals surface area contributed by atoms with E-state index >= 15 is 0 Å². The lowest BCUT2D eigenvalue weighted by Gasteiger charge is -2.29. The molecule has 2 amide bonds. The Morgan fingerprint density at radius 2 is 1.90 bits per heavy atom. The van der Waals surface area contributed by atoms with Crippen LogP contribution in [0, 0.1) is 11.8 Å². The quantitative estimate of drug-likeness (QED) is 0.213. The minimum atomic E-state index is -1.30. The lowest BCUT2D eigenvalue weighted by molar-refractivity contribution is -0.135. The minimum Gasteiger partial charge on any atom is -0.469 e. The highest BCUT2D eigenvalue weighted by Gasteiger charge is 2.61. The molecule has 4 aromatic rings. The van der Waals surface area contributed by atoms with E-state index in [1.807, 2.05) is 56.3 Å². The SMILES string of the molecule is CCOC(=O)c1noc(-c2nc3oc2[C@@]24c5ccccc5NC2Oc2ccc(cc24)C[C@H](NC(=O)[C@@H](O)C(C)C)C(=O)N[C@H]3C(C)C)n1. The Morgan fingerprint density at radius 1 is 1.10 bits per heavy atom. The number of esters is 1. The largest absolute Gasteiger partial charge is 0.469 e. The molecule has 250 valence electrons. The Hall–Kier alpha value is -5.24. The summed E-state index contributed by atoms with van der Waals surface area (Å²) in [6, 6.07) is 11.5. The first-order valence-electron chi connectivity index (χ1n) is 16.0. The molecule has 1 spiro atoms. The van der Waals surface area contributed by atoms with Crippen LogP contribution in [0.15, 0.2) is 51.4 Å². The van der Waals surface area contributed by atoms with Crippen LogP contribution in [0.1, 0.15) is 79.6 Å². The van der Waals surface area contributed by atoms with Crippen molar-refractivity contribution in [3.63, 3.8) is 0 Å². The molecule has 2 aromatic heterocycles. The number of amides is 2. The first-order chi connectivity index (χ1) is 23.0. The molecule has 5 atom stereocenters. The number of rotatable bonds is 7. The highest BCUT2D eigenvalue weighted by molar-refractivity contribution is 5.90. The number of fused-ring (bicyclic) bond motifs is 4. The van der Waals surface area contributed by atoms with Gasteiger partial charge >= 0.3 is 5.97 Å². The predicted molar refractivity (Wildman–Crippen MR) is 169 cm³/mol. The number of carbonyl (C=O) groups is 3. The number of benzene rings is 2. The number of ether oxygens (including phenoxy) is 2.